The molecule has 1 rings (SSSR count). The Morgan fingerprint density at radius 2 is 2.06 bits per heavy atom. The molecule has 0 amide bonds. The van der Waals surface area contributed by atoms with Gasteiger partial charge in [0.2, 0.25) is 0 Å². The maximum atomic E-state index is 12.1. The van der Waals surface area contributed by atoms with Crippen LogP contribution < -0.4 is 10.9 Å². The molecule has 0 spiro atoms. The molecule has 1 unspecified atom stereocenters. The largest absolute Gasteiger partial charge is 0.315 e. The van der Waals surface area contributed by atoms with Crippen LogP contribution in [-0.4, -0.2) is 10.6 Å². The van der Waals surface area contributed by atoms with Crippen molar-refractivity contribution in [1.29, 1.82) is 0 Å². The molecule has 1 aromatic heterocycles. The molecule has 1 heterocycles. The van der Waals surface area contributed by atoms with Crippen LogP contribution in [0.3, 0.4) is 0 Å². The maximum absolute atomic E-state index is 12.1. The number of hydrogen-bond acceptors (Lipinski definition) is 2. The summed E-state index contributed by atoms with van der Waals surface area (Å²) in [5.41, 5.74) is 0.991. The lowest BCUT2D eigenvalue weighted by atomic mass is 10.2. The fourth-order valence-corrected chi connectivity index (χ4v) is 1.69. The van der Waals surface area contributed by atoms with E-state index in [1.165, 1.54) is 0 Å². The third-order valence-electron chi connectivity index (χ3n) is 2.91. The van der Waals surface area contributed by atoms with Crippen LogP contribution in [0.15, 0.2) is 23.1 Å². The highest BCUT2D eigenvalue weighted by atomic mass is 16.1. The molecule has 0 aliphatic heterocycles. The number of aromatic nitrogens is 1. The lowest BCUT2D eigenvalue weighted by Crippen LogP contribution is -2.31. The number of nitrogens with one attached hydrogen (secondary N) is 1. The van der Waals surface area contributed by atoms with E-state index in [-0.39, 0.29) is 5.56 Å². The third kappa shape index (κ3) is 4.35. The quantitative estimate of drug-likeness (QED) is 0.823. The molecule has 0 saturated carbocycles. The molecule has 1 aromatic rings. The zero-order valence-electron chi connectivity index (χ0n) is 11.4. The molecule has 0 aromatic carbocycles. The standard InChI is InChI=1S/C14H24N2O/c1-5-12(4)15-9-13-7-6-8-16(14(13)17)10-11(2)3/h6-8,11-12,15H,5,9-10H2,1-4H3. The van der Waals surface area contributed by atoms with Gasteiger partial charge >= 0.3 is 0 Å². The second kappa shape index (κ2) is 6.60. The van der Waals surface area contributed by atoms with Gasteiger partial charge in [0.15, 0.2) is 0 Å². The van der Waals surface area contributed by atoms with Crippen LogP contribution >= 0.6 is 0 Å². The third-order valence-corrected chi connectivity index (χ3v) is 2.91. The normalized spacial score (nSPS) is 13.0. The van der Waals surface area contributed by atoms with E-state index in [2.05, 4.69) is 33.0 Å². The summed E-state index contributed by atoms with van der Waals surface area (Å²) in [5.74, 6) is 0.491. The first-order chi connectivity index (χ1) is 8.04. The Labute approximate surface area is 104 Å². The van der Waals surface area contributed by atoms with Gasteiger partial charge in [-0.25, -0.2) is 0 Å². The summed E-state index contributed by atoms with van der Waals surface area (Å²) in [6.45, 7) is 9.96. The van der Waals surface area contributed by atoms with Gasteiger partial charge in [0, 0.05) is 30.9 Å². The number of hydrogen-bond donors (Lipinski definition) is 1. The van der Waals surface area contributed by atoms with E-state index in [1.807, 2.05) is 18.3 Å². The van der Waals surface area contributed by atoms with Crippen LogP contribution in [0.4, 0.5) is 0 Å². The van der Waals surface area contributed by atoms with E-state index < -0.39 is 0 Å². The van der Waals surface area contributed by atoms with Gasteiger partial charge in [-0.1, -0.05) is 26.8 Å². The monoisotopic (exact) mass is 236 g/mol. The van der Waals surface area contributed by atoms with E-state index in [0.717, 1.165) is 18.5 Å². The summed E-state index contributed by atoms with van der Waals surface area (Å²) in [5, 5.41) is 3.36. The molecule has 17 heavy (non-hydrogen) atoms. The van der Waals surface area contributed by atoms with Crippen molar-refractivity contribution in [3.05, 3.63) is 34.2 Å². The summed E-state index contributed by atoms with van der Waals surface area (Å²) < 4.78 is 1.80. The molecule has 0 radical (unpaired) electrons. The van der Waals surface area contributed by atoms with E-state index in [0.29, 0.717) is 18.5 Å². The Hall–Kier alpha value is -1.09. The Kier molecular flexibility index (Phi) is 5.42. The minimum Gasteiger partial charge on any atom is -0.315 e. The number of rotatable bonds is 6. The van der Waals surface area contributed by atoms with Gasteiger partial charge < -0.3 is 9.88 Å². The predicted octanol–water partition coefficient (Wildman–Crippen LogP) is 2.39. The summed E-state index contributed by atoms with van der Waals surface area (Å²) in [4.78, 5) is 12.1. The first kappa shape index (κ1) is 14.0. The minimum absolute atomic E-state index is 0.136. The Morgan fingerprint density at radius 1 is 1.35 bits per heavy atom. The zero-order valence-corrected chi connectivity index (χ0v) is 11.4. The first-order valence-corrected chi connectivity index (χ1v) is 6.46. The minimum atomic E-state index is 0.136. The molecular weight excluding hydrogens is 212 g/mol. The van der Waals surface area contributed by atoms with E-state index >= 15 is 0 Å². The van der Waals surface area contributed by atoms with Crippen LogP contribution in [-0.2, 0) is 13.1 Å². The van der Waals surface area contributed by atoms with Crippen molar-refractivity contribution >= 4 is 0 Å². The SMILES string of the molecule is CCC(C)NCc1cccn(CC(C)C)c1=O. The van der Waals surface area contributed by atoms with Crippen molar-refractivity contribution in [2.45, 2.75) is 53.2 Å². The second-order valence-electron chi connectivity index (χ2n) is 5.07. The maximum Gasteiger partial charge on any atom is 0.255 e. The average Bonchev–Trinajstić information content (AvgIpc) is 2.29. The fourth-order valence-electron chi connectivity index (χ4n) is 1.69. The van der Waals surface area contributed by atoms with Gasteiger partial charge in [0.1, 0.15) is 0 Å². The van der Waals surface area contributed by atoms with Crippen LogP contribution in [0.1, 0.15) is 39.7 Å². The number of pyridine rings is 1. The molecule has 3 heteroatoms. The molecule has 96 valence electrons. The van der Waals surface area contributed by atoms with Gasteiger partial charge in [0.05, 0.1) is 0 Å². The van der Waals surface area contributed by atoms with Crippen molar-refractivity contribution < 1.29 is 0 Å². The molecule has 0 aliphatic rings. The Morgan fingerprint density at radius 3 is 2.65 bits per heavy atom. The Bertz CT molecular complexity index is 395. The van der Waals surface area contributed by atoms with E-state index in [4.69, 9.17) is 0 Å². The highest BCUT2D eigenvalue weighted by Gasteiger charge is 2.05. The molecule has 3 nitrogen and oxygen atoms in total. The molecule has 1 atom stereocenters. The molecule has 0 bridgehead atoms. The van der Waals surface area contributed by atoms with Gasteiger partial charge in [-0.05, 0) is 25.3 Å². The predicted molar refractivity (Wildman–Crippen MR) is 72.1 cm³/mol. The van der Waals surface area contributed by atoms with Crippen LogP contribution in [0.25, 0.3) is 0 Å². The summed E-state index contributed by atoms with van der Waals surface area (Å²) in [6.07, 6.45) is 2.95. The lowest BCUT2D eigenvalue weighted by molar-refractivity contribution is 0.499. The molecular formula is C14H24N2O. The lowest BCUT2D eigenvalue weighted by Gasteiger charge is -2.13. The van der Waals surface area contributed by atoms with Crippen molar-refractivity contribution in [2.24, 2.45) is 5.92 Å². The molecule has 1 N–H and O–H groups in total. The Balaban J connectivity index is 2.76. The van der Waals surface area contributed by atoms with E-state index in [9.17, 15) is 4.79 Å². The summed E-state index contributed by atoms with van der Waals surface area (Å²) in [6, 6.07) is 4.32. The average molecular weight is 236 g/mol. The highest BCUT2D eigenvalue weighted by molar-refractivity contribution is 5.10. The topological polar surface area (TPSA) is 34.0 Å². The summed E-state index contributed by atoms with van der Waals surface area (Å²) >= 11 is 0. The van der Waals surface area contributed by atoms with Gasteiger partial charge in [-0.3, -0.25) is 4.79 Å². The van der Waals surface area contributed by atoms with Crippen molar-refractivity contribution in [2.75, 3.05) is 0 Å². The van der Waals surface area contributed by atoms with Gasteiger partial charge in [-0.15, -0.1) is 0 Å². The van der Waals surface area contributed by atoms with Crippen molar-refractivity contribution in [3.63, 3.8) is 0 Å². The summed E-state index contributed by atoms with van der Waals surface area (Å²) in [7, 11) is 0. The van der Waals surface area contributed by atoms with Gasteiger partial charge in [0.25, 0.3) is 5.56 Å². The van der Waals surface area contributed by atoms with Crippen LogP contribution in [0.5, 0.6) is 0 Å². The smallest absolute Gasteiger partial charge is 0.255 e. The van der Waals surface area contributed by atoms with Crippen LogP contribution in [0.2, 0.25) is 0 Å². The first-order valence-electron chi connectivity index (χ1n) is 6.46. The van der Waals surface area contributed by atoms with Crippen molar-refractivity contribution in [3.8, 4) is 0 Å². The number of nitrogens with zero attached hydrogens (tertiary/aromatic N) is 1. The van der Waals surface area contributed by atoms with Crippen LogP contribution in [0, 0.1) is 5.92 Å². The van der Waals surface area contributed by atoms with E-state index in [1.54, 1.807) is 4.57 Å². The zero-order chi connectivity index (χ0) is 12.8. The highest BCUT2D eigenvalue weighted by Crippen LogP contribution is 1.99. The van der Waals surface area contributed by atoms with Crippen molar-refractivity contribution in [1.82, 2.24) is 9.88 Å². The fraction of sp³-hybridized carbons (Fsp3) is 0.643. The second-order valence-corrected chi connectivity index (χ2v) is 5.07. The molecule has 0 fully saturated rings. The molecule has 0 aliphatic carbocycles. The van der Waals surface area contributed by atoms with Gasteiger partial charge in [-0.2, -0.15) is 0 Å². The molecule has 0 saturated heterocycles.